The summed E-state index contributed by atoms with van der Waals surface area (Å²) in [6.45, 7) is 3.49. The molecule has 0 saturated heterocycles. The summed E-state index contributed by atoms with van der Waals surface area (Å²) in [5.74, 6) is 2.97. The minimum absolute atomic E-state index is 0.0787. The van der Waals surface area contributed by atoms with E-state index < -0.39 is 21.2 Å². The molecule has 4 aromatic rings. The van der Waals surface area contributed by atoms with Gasteiger partial charge in [0.15, 0.2) is 5.65 Å². The zero-order chi connectivity index (χ0) is 23.0. The molecule has 1 unspecified atom stereocenters. The largest absolute Gasteiger partial charge is 0.320 e. The third-order valence-electron chi connectivity index (χ3n) is 4.93. The molecule has 2 aromatic heterocycles. The molecule has 0 spiro atoms. The molecule has 9 heteroatoms. The number of anilines is 2. The Morgan fingerprint density at radius 2 is 1.69 bits per heavy atom. The van der Waals surface area contributed by atoms with Crippen LogP contribution in [0.4, 0.5) is 11.4 Å². The van der Waals surface area contributed by atoms with Crippen LogP contribution in [0.15, 0.2) is 59.4 Å². The van der Waals surface area contributed by atoms with Crippen molar-refractivity contribution >= 4 is 38.5 Å². The van der Waals surface area contributed by atoms with E-state index in [1.165, 1.54) is 10.8 Å². The first kappa shape index (κ1) is 21.4. The summed E-state index contributed by atoms with van der Waals surface area (Å²) in [5, 5.41) is 5.75. The highest BCUT2D eigenvalue weighted by atomic mass is 32.2. The molecule has 0 bridgehead atoms. The molecule has 1 amide bonds. The van der Waals surface area contributed by atoms with E-state index in [1.54, 1.807) is 31.2 Å². The summed E-state index contributed by atoms with van der Waals surface area (Å²) in [5.41, 5.74) is 3.50. The summed E-state index contributed by atoms with van der Waals surface area (Å²) in [6, 6.07) is 16.4. The molecule has 0 saturated carbocycles. The topological polar surface area (TPSA) is 108 Å². The molecule has 2 heterocycles. The van der Waals surface area contributed by atoms with Gasteiger partial charge in [0.25, 0.3) is 11.5 Å². The molecule has 3 N–H and O–H groups in total. The van der Waals surface area contributed by atoms with Crippen molar-refractivity contribution in [1.29, 1.82) is 0 Å². The van der Waals surface area contributed by atoms with E-state index in [0.717, 1.165) is 16.8 Å². The molecular weight excluding hydrogens is 426 g/mol. The average molecular weight is 450 g/mol. The highest BCUT2D eigenvalue weighted by molar-refractivity contribution is 8.00. The zero-order valence-electron chi connectivity index (χ0n) is 17.9. The first-order valence-corrected chi connectivity index (χ1v) is 12.0. The van der Waals surface area contributed by atoms with E-state index in [9.17, 15) is 13.8 Å². The number of para-hydroxylation sites is 2. The third-order valence-corrected chi connectivity index (χ3v) is 5.58. The normalized spacial score (nSPS) is 13.0. The minimum atomic E-state index is -2.56. The van der Waals surface area contributed by atoms with Gasteiger partial charge >= 0.3 is 0 Å². The number of nitrogens with zero attached hydrogens (tertiary/aromatic N) is 2. The maximum Gasteiger partial charge on any atom is 0.285 e. The van der Waals surface area contributed by atoms with Crippen molar-refractivity contribution in [2.75, 3.05) is 16.3 Å². The number of hydrogen-bond acceptors (Lipinski definition) is 4. The molecule has 32 heavy (non-hydrogen) atoms. The number of carbonyl (C=O) groups is 1. The maximum atomic E-state index is 13.3. The van der Waals surface area contributed by atoms with Crippen LogP contribution in [0.3, 0.4) is 0 Å². The van der Waals surface area contributed by atoms with Gasteiger partial charge in [0.05, 0.1) is 17.1 Å². The fourth-order valence-corrected chi connectivity index (χ4v) is 4.24. The van der Waals surface area contributed by atoms with Crippen LogP contribution in [-0.2, 0) is 9.71 Å². The number of fused-ring (bicyclic) bond motifs is 1. The van der Waals surface area contributed by atoms with Crippen LogP contribution in [0.1, 0.15) is 21.7 Å². The molecule has 4 rings (SSSR count). The van der Waals surface area contributed by atoms with Crippen molar-refractivity contribution < 1.29 is 9.00 Å². The van der Waals surface area contributed by atoms with Gasteiger partial charge in [0.2, 0.25) is 0 Å². The van der Waals surface area contributed by atoms with Crippen LogP contribution in [0.25, 0.3) is 16.8 Å². The van der Waals surface area contributed by atoms with E-state index in [4.69, 9.17) is 0 Å². The number of aromatic nitrogens is 3. The smallest absolute Gasteiger partial charge is 0.285 e. The van der Waals surface area contributed by atoms with Crippen LogP contribution in [0, 0.1) is 13.8 Å². The second-order valence-electron chi connectivity index (χ2n) is 7.62. The van der Waals surface area contributed by atoms with Gasteiger partial charge in [-0.2, -0.15) is 0 Å². The lowest BCUT2D eigenvalue weighted by atomic mass is 10.1. The first-order valence-electron chi connectivity index (χ1n) is 9.83. The number of carbonyl (C=O) groups excluding carboxylic acids is 1. The molecule has 2 aromatic carbocycles. The van der Waals surface area contributed by atoms with E-state index in [2.05, 4.69) is 26.0 Å². The number of rotatable bonds is 5. The monoisotopic (exact) mass is 449 g/mol. The molecule has 0 aliphatic carbocycles. The third kappa shape index (κ3) is 4.02. The van der Waals surface area contributed by atoms with Crippen LogP contribution >= 0.6 is 0 Å². The van der Waals surface area contributed by atoms with Crippen molar-refractivity contribution in [3.05, 3.63) is 81.9 Å². The fraction of sp³-hybridized carbons (Fsp3) is 0.130. The van der Waals surface area contributed by atoms with Gasteiger partial charge in [-0.05, 0) is 37.4 Å². The van der Waals surface area contributed by atoms with Gasteiger partial charge in [-0.25, -0.2) is 13.7 Å². The Bertz CT molecular complexity index is 1500. The molecule has 0 aliphatic heterocycles. The lowest BCUT2D eigenvalue weighted by Crippen LogP contribution is -2.29. The van der Waals surface area contributed by atoms with E-state index in [1.807, 2.05) is 37.3 Å². The van der Waals surface area contributed by atoms with Gasteiger partial charge in [-0.3, -0.25) is 14.7 Å². The Morgan fingerprint density at radius 3 is 2.34 bits per heavy atom. The first-order chi connectivity index (χ1) is 15.2. The zero-order valence-corrected chi connectivity index (χ0v) is 18.7. The molecule has 0 radical (unpaired) electrons. The van der Waals surface area contributed by atoms with Gasteiger partial charge in [-0.15, -0.1) is 0 Å². The van der Waals surface area contributed by atoms with Crippen molar-refractivity contribution in [2.45, 2.75) is 13.8 Å². The summed E-state index contributed by atoms with van der Waals surface area (Å²) >= 11 is 0. The number of benzene rings is 2. The van der Waals surface area contributed by atoms with Crippen molar-refractivity contribution in [3.63, 3.8) is 0 Å². The molecule has 1 atom stereocenters. The average Bonchev–Trinajstić information content (AvgIpc) is 3.05. The lowest BCUT2D eigenvalue weighted by molar-refractivity contribution is 0.102. The second-order valence-corrected chi connectivity index (χ2v) is 9.84. The van der Waals surface area contributed by atoms with Crippen molar-refractivity contribution in [3.8, 4) is 11.1 Å². The Morgan fingerprint density at radius 1 is 1.06 bits per heavy atom. The molecule has 8 nitrogen and oxygen atoms in total. The number of aromatic amines is 1. The van der Waals surface area contributed by atoms with Gasteiger partial charge in [-0.1, -0.05) is 42.5 Å². The Labute approximate surface area is 185 Å². The lowest BCUT2D eigenvalue weighted by Gasteiger charge is -2.14. The summed E-state index contributed by atoms with van der Waals surface area (Å²) in [6.07, 6.45) is 1.46. The van der Waals surface area contributed by atoms with Crippen molar-refractivity contribution in [2.24, 2.45) is 0 Å². The number of H-pyrrole nitrogens is 1. The number of aryl methyl sites for hydroxylation is 2. The highest BCUT2D eigenvalue weighted by Crippen LogP contribution is 2.27. The fourth-order valence-electron chi connectivity index (χ4n) is 3.60. The molecule has 0 aliphatic rings. The van der Waals surface area contributed by atoms with Gasteiger partial charge in [0.1, 0.15) is 5.56 Å². The Balaban J connectivity index is 1.79. The highest BCUT2D eigenvalue weighted by Gasteiger charge is 2.22. The predicted octanol–water partition coefficient (Wildman–Crippen LogP) is 3.23. The van der Waals surface area contributed by atoms with Gasteiger partial charge < -0.3 is 10.0 Å². The molecular formula is C23H23N5O3S. The quantitative estimate of drug-likeness (QED) is 0.407. The SMILES string of the molecule is C=S(C)(=O)Nc1ccccc1NC(=O)c1c(C)nc2c(-c3ccccc3)c(C)[nH]n2c1=O. The van der Waals surface area contributed by atoms with Crippen LogP contribution in [0.5, 0.6) is 0 Å². The standard InChI is InChI=1S/C23H23N5O3S/c1-14-20(22(29)25-17-12-8-9-13-18(17)27-32(3,4)31)23(30)28-21(24-14)19(15(2)26-28)16-10-6-5-7-11-16/h5-13,26H,3H2,1-2,4H3,(H,25,29)(H,27,31). The number of hydrogen-bond donors (Lipinski definition) is 3. The summed E-state index contributed by atoms with van der Waals surface area (Å²) in [7, 11) is -2.56. The van der Waals surface area contributed by atoms with Crippen LogP contribution < -0.4 is 15.6 Å². The number of amides is 1. The van der Waals surface area contributed by atoms with Crippen LogP contribution in [0.2, 0.25) is 0 Å². The van der Waals surface area contributed by atoms with E-state index in [0.29, 0.717) is 22.7 Å². The van der Waals surface area contributed by atoms with Gasteiger partial charge in [0, 0.05) is 27.2 Å². The van der Waals surface area contributed by atoms with E-state index >= 15 is 0 Å². The second kappa shape index (κ2) is 8.01. The van der Waals surface area contributed by atoms with E-state index in [-0.39, 0.29) is 5.56 Å². The Kier molecular flexibility index (Phi) is 5.35. The minimum Gasteiger partial charge on any atom is -0.320 e. The van der Waals surface area contributed by atoms with Crippen LogP contribution in [-0.4, -0.2) is 36.8 Å². The Hall–Kier alpha value is -3.85. The number of nitrogens with one attached hydrogen (secondary N) is 3. The molecule has 0 fully saturated rings. The molecule has 164 valence electrons. The maximum absolute atomic E-state index is 13.3. The summed E-state index contributed by atoms with van der Waals surface area (Å²) in [4.78, 5) is 30.9. The summed E-state index contributed by atoms with van der Waals surface area (Å²) < 4.78 is 16.1. The predicted molar refractivity (Wildman–Crippen MR) is 130 cm³/mol. The van der Waals surface area contributed by atoms with Crippen molar-refractivity contribution in [1.82, 2.24) is 14.6 Å².